The summed E-state index contributed by atoms with van der Waals surface area (Å²) < 4.78 is 16.1. The van der Waals surface area contributed by atoms with Crippen molar-refractivity contribution in [2.45, 2.75) is 31.1 Å². The molecule has 4 heteroatoms. The van der Waals surface area contributed by atoms with Crippen LogP contribution in [-0.2, 0) is 0 Å². The third-order valence-electron chi connectivity index (χ3n) is 3.84. The fourth-order valence-electron chi connectivity index (χ4n) is 2.52. The Kier molecular flexibility index (Phi) is 4.81. The van der Waals surface area contributed by atoms with E-state index in [9.17, 15) is 0 Å². The Morgan fingerprint density at radius 1 is 1.11 bits per heavy atom. The van der Waals surface area contributed by atoms with Gasteiger partial charge in [0.15, 0.2) is 11.5 Å². The van der Waals surface area contributed by atoms with Gasteiger partial charge in [-0.25, -0.2) is 0 Å². The van der Waals surface area contributed by atoms with Crippen molar-refractivity contribution in [1.82, 2.24) is 0 Å². The van der Waals surface area contributed by atoms with Crippen molar-refractivity contribution >= 4 is 11.6 Å². The second-order valence-electron chi connectivity index (χ2n) is 4.92. The molecule has 1 atom stereocenters. The minimum atomic E-state index is -0.0416. The van der Waals surface area contributed by atoms with Crippen LogP contribution in [0.3, 0.4) is 0 Å². The monoisotopic (exact) mass is 284 g/mol. The third kappa shape index (κ3) is 2.92. The SMILES string of the molecule is COc1ccc(C(Cl)CC2CCC2)c(OC)c1OC. The normalized spacial score (nSPS) is 16.6. The fraction of sp³-hybridized carbons (Fsp3) is 0.600. The summed E-state index contributed by atoms with van der Waals surface area (Å²) in [4.78, 5) is 0. The van der Waals surface area contributed by atoms with E-state index in [0.717, 1.165) is 17.9 Å². The fourth-order valence-corrected chi connectivity index (χ4v) is 2.94. The number of rotatable bonds is 6. The van der Waals surface area contributed by atoms with Crippen LogP contribution in [0.2, 0.25) is 0 Å². The lowest BCUT2D eigenvalue weighted by atomic mass is 9.81. The molecule has 3 nitrogen and oxygen atoms in total. The first-order valence-corrected chi connectivity index (χ1v) is 7.07. The number of halogens is 1. The summed E-state index contributed by atoms with van der Waals surface area (Å²) in [5, 5.41) is -0.0416. The second-order valence-corrected chi connectivity index (χ2v) is 5.45. The highest BCUT2D eigenvalue weighted by molar-refractivity contribution is 6.21. The van der Waals surface area contributed by atoms with Crippen LogP contribution in [0.1, 0.15) is 36.6 Å². The lowest BCUT2D eigenvalue weighted by Gasteiger charge is -2.28. The van der Waals surface area contributed by atoms with Crippen LogP contribution in [-0.4, -0.2) is 21.3 Å². The van der Waals surface area contributed by atoms with E-state index in [2.05, 4.69) is 0 Å². The summed E-state index contributed by atoms with van der Waals surface area (Å²) in [5.74, 6) is 2.71. The van der Waals surface area contributed by atoms with Crippen LogP contribution in [0, 0.1) is 5.92 Å². The topological polar surface area (TPSA) is 27.7 Å². The number of benzene rings is 1. The molecule has 0 N–H and O–H groups in total. The smallest absolute Gasteiger partial charge is 0.203 e. The van der Waals surface area contributed by atoms with Crippen molar-refractivity contribution in [2.75, 3.05) is 21.3 Å². The molecule has 19 heavy (non-hydrogen) atoms. The number of alkyl halides is 1. The Balaban J connectivity index is 2.27. The average molecular weight is 285 g/mol. The molecule has 1 aliphatic rings. The van der Waals surface area contributed by atoms with E-state index in [1.165, 1.54) is 19.3 Å². The Morgan fingerprint density at radius 3 is 2.26 bits per heavy atom. The molecule has 0 saturated heterocycles. The van der Waals surface area contributed by atoms with Crippen LogP contribution < -0.4 is 14.2 Å². The molecule has 0 radical (unpaired) electrons. The number of methoxy groups -OCH3 is 3. The molecule has 0 amide bonds. The van der Waals surface area contributed by atoms with Crippen molar-refractivity contribution in [3.05, 3.63) is 17.7 Å². The summed E-state index contributed by atoms with van der Waals surface area (Å²) in [6.07, 6.45) is 4.91. The van der Waals surface area contributed by atoms with Gasteiger partial charge in [0.25, 0.3) is 0 Å². The maximum atomic E-state index is 6.55. The van der Waals surface area contributed by atoms with Gasteiger partial charge in [-0.15, -0.1) is 11.6 Å². The molecule has 2 rings (SSSR count). The van der Waals surface area contributed by atoms with Crippen molar-refractivity contribution in [2.24, 2.45) is 5.92 Å². The third-order valence-corrected chi connectivity index (χ3v) is 4.25. The van der Waals surface area contributed by atoms with Crippen molar-refractivity contribution in [3.8, 4) is 17.2 Å². The van der Waals surface area contributed by atoms with E-state index >= 15 is 0 Å². The van der Waals surface area contributed by atoms with Gasteiger partial charge < -0.3 is 14.2 Å². The molecule has 106 valence electrons. The van der Waals surface area contributed by atoms with Crippen molar-refractivity contribution in [3.63, 3.8) is 0 Å². The minimum absolute atomic E-state index is 0.0416. The highest BCUT2D eigenvalue weighted by Crippen LogP contribution is 2.46. The standard InChI is InChI=1S/C15H21ClO3/c1-17-13-8-7-11(14(18-2)15(13)19-3)12(16)9-10-5-4-6-10/h7-8,10,12H,4-6,9H2,1-3H3. The van der Waals surface area contributed by atoms with Crippen LogP contribution in [0.5, 0.6) is 17.2 Å². The Hall–Kier alpha value is -1.09. The van der Waals surface area contributed by atoms with Crippen LogP contribution in [0.15, 0.2) is 12.1 Å². The lowest BCUT2D eigenvalue weighted by Crippen LogP contribution is -2.13. The zero-order chi connectivity index (χ0) is 13.8. The first kappa shape index (κ1) is 14.3. The molecule has 1 saturated carbocycles. The van der Waals surface area contributed by atoms with E-state index in [0.29, 0.717) is 17.2 Å². The highest BCUT2D eigenvalue weighted by atomic mass is 35.5. The summed E-state index contributed by atoms with van der Waals surface area (Å²) in [5.41, 5.74) is 0.980. The summed E-state index contributed by atoms with van der Waals surface area (Å²) in [6, 6.07) is 3.85. The maximum Gasteiger partial charge on any atom is 0.203 e. The first-order valence-electron chi connectivity index (χ1n) is 6.64. The van der Waals surface area contributed by atoms with E-state index in [-0.39, 0.29) is 5.38 Å². The molecule has 0 aliphatic heterocycles. The second kappa shape index (κ2) is 6.38. The molecule has 0 spiro atoms. The molecule has 1 unspecified atom stereocenters. The number of ether oxygens (including phenoxy) is 3. The quantitative estimate of drug-likeness (QED) is 0.733. The Morgan fingerprint density at radius 2 is 1.79 bits per heavy atom. The van der Waals surface area contributed by atoms with Crippen LogP contribution in [0.4, 0.5) is 0 Å². The maximum absolute atomic E-state index is 6.55. The van der Waals surface area contributed by atoms with Gasteiger partial charge >= 0.3 is 0 Å². The van der Waals surface area contributed by atoms with Gasteiger partial charge in [-0.2, -0.15) is 0 Å². The number of hydrogen-bond acceptors (Lipinski definition) is 3. The Labute approximate surface area is 119 Å². The molecule has 1 aromatic rings. The average Bonchev–Trinajstić information content (AvgIpc) is 2.40. The summed E-state index contributed by atoms with van der Waals surface area (Å²) in [7, 11) is 4.86. The van der Waals surface area contributed by atoms with Gasteiger partial charge in [0.05, 0.1) is 26.7 Å². The molecule has 1 fully saturated rings. The van der Waals surface area contributed by atoms with Gasteiger partial charge in [0.2, 0.25) is 5.75 Å². The van der Waals surface area contributed by atoms with Gasteiger partial charge in [-0.05, 0) is 24.5 Å². The minimum Gasteiger partial charge on any atom is -0.493 e. The van der Waals surface area contributed by atoms with E-state index in [4.69, 9.17) is 25.8 Å². The van der Waals surface area contributed by atoms with Gasteiger partial charge in [0.1, 0.15) is 0 Å². The van der Waals surface area contributed by atoms with E-state index in [1.54, 1.807) is 21.3 Å². The molecule has 1 aromatic carbocycles. The zero-order valence-electron chi connectivity index (χ0n) is 11.7. The number of hydrogen-bond donors (Lipinski definition) is 0. The molecule has 0 heterocycles. The van der Waals surface area contributed by atoms with E-state index in [1.807, 2.05) is 12.1 Å². The largest absolute Gasteiger partial charge is 0.493 e. The molecule has 0 aromatic heterocycles. The first-order chi connectivity index (χ1) is 9.21. The Bertz CT molecular complexity index is 430. The molecule has 1 aliphatic carbocycles. The van der Waals surface area contributed by atoms with Gasteiger partial charge in [-0.3, -0.25) is 0 Å². The molecular weight excluding hydrogens is 264 g/mol. The molecule has 0 bridgehead atoms. The van der Waals surface area contributed by atoms with Gasteiger partial charge in [0, 0.05) is 5.56 Å². The highest BCUT2D eigenvalue weighted by Gasteiger charge is 2.26. The lowest BCUT2D eigenvalue weighted by molar-refractivity contribution is 0.289. The molecular formula is C15H21ClO3. The zero-order valence-corrected chi connectivity index (χ0v) is 12.5. The summed E-state index contributed by atoms with van der Waals surface area (Å²) >= 11 is 6.55. The van der Waals surface area contributed by atoms with E-state index < -0.39 is 0 Å². The van der Waals surface area contributed by atoms with Crippen LogP contribution >= 0.6 is 11.6 Å². The van der Waals surface area contributed by atoms with Crippen LogP contribution in [0.25, 0.3) is 0 Å². The predicted octanol–water partition coefficient (Wildman–Crippen LogP) is 4.18. The predicted molar refractivity (Wildman–Crippen MR) is 76.7 cm³/mol. The van der Waals surface area contributed by atoms with Crippen molar-refractivity contribution in [1.29, 1.82) is 0 Å². The van der Waals surface area contributed by atoms with Gasteiger partial charge in [-0.1, -0.05) is 19.3 Å². The van der Waals surface area contributed by atoms with Crippen molar-refractivity contribution < 1.29 is 14.2 Å². The summed E-state index contributed by atoms with van der Waals surface area (Å²) in [6.45, 7) is 0.